The zero-order valence-electron chi connectivity index (χ0n) is 11.9. The van der Waals surface area contributed by atoms with Gasteiger partial charge in [-0.05, 0) is 24.1 Å². The summed E-state index contributed by atoms with van der Waals surface area (Å²) < 4.78 is 5.18. The number of methoxy groups -OCH3 is 1. The molecule has 0 unspecified atom stereocenters. The van der Waals surface area contributed by atoms with Crippen LogP contribution in [0, 0.1) is 5.92 Å². The highest BCUT2D eigenvalue weighted by atomic mass is 16.5. The van der Waals surface area contributed by atoms with Crippen molar-refractivity contribution in [1.29, 1.82) is 0 Å². The van der Waals surface area contributed by atoms with E-state index in [1.54, 1.807) is 13.2 Å². The van der Waals surface area contributed by atoms with Crippen LogP contribution in [0.2, 0.25) is 0 Å². The molecule has 1 aromatic carbocycles. The number of H-pyrrole nitrogens is 1. The van der Waals surface area contributed by atoms with Crippen LogP contribution in [0.25, 0.3) is 11.3 Å². The second kappa shape index (κ2) is 6.23. The first-order chi connectivity index (χ1) is 9.60. The number of ether oxygens (including phenoxy) is 1. The van der Waals surface area contributed by atoms with E-state index in [4.69, 9.17) is 4.74 Å². The molecule has 0 aliphatic rings. The molecule has 1 heterocycles. The molecule has 0 radical (unpaired) electrons. The smallest absolute Gasteiger partial charge is 0.269 e. The van der Waals surface area contributed by atoms with Crippen LogP contribution in [-0.4, -0.2) is 29.8 Å². The second-order valence-electron chi connectivity index (χ2n) is 5.00. The van der Waals surface area contributed by atoms with E-state index < -0.39 is 0 Å². The minimum Gasteiger partial charge on any atom is -0.497 e. The van der Waals surface area contributed by atoms with Gasteiger partial charge in [0.2, 0.25) is 0 Å². The molecule has 0 aliphatic heterocycles. The lowest BCUT2D eigenvalue weighted by molar-refractivity contribution is 0.0944. The van der Waals surface area contributed by atoms with Crippen LogP contribution in [0.15, 0.2) is 30.3 Å². The lowest BCUT2D eigenvalue weighted by Crippen LogP contribution is -2.27. The van der Waals surface area contributed by atoms with Gasteiger partial charge < -0.3 is 10.1 Å². The molecule has 0 bridgehead atoms. The van der Waals surface area contributed by atoms with Gasteiger partial charge in [0, 0.05) is 12.1 Å². The van der Waals surface area contributed by atoms with Gasteiger partial charge in [0.15, 0.2) is 0 Å². The Hall–Kier alpha value is -2.30. The number of rotatable bonds is 5. The molecule has 0 fully saturated rings. The van der Waals surface area contributed by atoms with Gasteiger partial charge in [-0.3, -0.25) is 9.89 Å². The number of amides is 1. The molecule has 2 N–H and O–H groups in total. The highest BCUT2D eigenvalue weighted by Crippen LogP contribution is 2.22. The molecule has 2 rings (SSSR count). The minimum atomic E-state index is -0.139. The standard InChI is InChI=1S/C15H19N3O2/c1-10(2)9-16-15(19)14-8-13(17-18-14)11-5-4-6-12(7-11)20-3/h4-8,10H,9H2,1-3H3,(H,16,19)(H,17,18). The molecule has 5 heteroatoms. The third-order valence-electron chi connectivity index (χ3n) is 2.86. The molecule has 0 spiro atoms. The summed E-state index contributed by atoms with van der Waals surface area (Å²) in [7, 11) is 1.62. The average Bonchev–Trinajstić information content (AvgIpc) is 2.94. The lowest BCUT2D eigenvalue weighted by atomic mass is 10.1. The Morgan fingerprint density at radius 2 is 2.20 bits per heavy atom. The molecule has 0 atom stereocenters. The first-order valence-corrected chi connectivity index (χ1v) is 6.58. The molecule has 106 valence electrons. The fourth-order valence-corrected chi connectivity index (χ4v) is 1.76. The third-order valence-corrected chi connectivity index (χ3v) is 2.86. The maximum Gasteiger partial charge on any atom is 0.269 e. The van der Waals surface area contributed by atoms with E-state index in [0.717, 1.165) is 17.0 Å². The summed E-state index contributed by atoms with van der Waals surface area (Å²) >= 11 is 0. The van der Waals surface area contributed by atoms with Crippen molar-refractivity contribution in [3.05, 3.63) is 36.0 Å². The molecule has 1 amide bonds. The quantitative estimate of drug-likeness (QED) is 0.879. The van der Waals surface area contributed by atoms with E-state index >= 15 is 0 Å². The minimum absolute atomic E-state index is 0.139. The van der Waals surface area contributed by atoms with Crippen LogP contribution in [0.5, 0.6) is 5.75 Å². The molecule has 0 saturated carbocycles. The first-order valence-electron chi connectivity index (χ1n) is 6.58. The number of nitrogens with zero attached hydrogens (tertiary/aromatic N) is 1. The summed E-state index contributed by atoms with van der Waals surface area (Å²) in [4.78, 5) is 11.9. The van der Waals surface area contributed by atoms with E-state index in [1.165, 1.54) is 0 Å². The van der Waals surface area contributed by atoms with Crippen LogP contribution in [0.1, 0.15) is 24.3 Å². The van der Waals surface area contributed by atoms with Crippen molar-refractivity contribution in [2.24, 2.45) is 5.92 Å². The summed E-state index contributed by atoms with van der Waals surface area (Å²) in [6, 6.07) is 9.30. The van der Waals surface area contributed by atoms with E-state index in [0.29, 0.717) is 18.2 Å². The molecule has 0 saturated heterocycles. The normalized spacial score (nSPS) is 10.6. The van der Waals surface area contributed by atoms with Gasteiger partial charge in [0.25, 0.3) is 5.91 Å². The van der Waals surface area contributed by atoms with Crippen LogP contribution in [0.3, 0.4) is 0 Å². The molecule has 20 heavy (non-hydrogen) atoms. The molecular formula is C15H19N3O2. The van der Waals surface area contributed by atoms with Gasteiger partial charge in [-0.15, -0.1) is 0 Å². The predicted molar refractivity (Wildman–Crippen MR) is 77.7 cm³/mol. The molecular weight excluding hydrogens is 254 g/mol. The van der Waals surface area contributed by atoms with Crippen LogP contribution in [0.4, 0.5) is 0 Å². The second-order valence-corrected chi connectivity index (χ2v) is 5.00. The van der Waals surface area contributed by atoms with Crippen molar-refractivity contribution in [3.63, 3.8) is 0 Å². The van der Waals surface area contributed by atoms with Gasteiger partial charge in [-0.1, -0.05) is 26.0 Å². The average molecular weight is 273 g/mol. The number of benzene rings is 1. The summed E-state index contributed by atoms with van der Waals surface area (Å²) in [5.74, 6) is 1.04. The highest BCUT2D eigenvalue weighted by Gasteiger charge is 2.11. The number of hydrogen-bond donors (Lipinski definition) is 2. The monoisotopic (exact) mass is 273 g/mol. The zero-order valence-corrected chi connectivity index (χ0v) is 11.9. The van der Waals surface area contributed by atoms with Gasteiger partial charge in [0.05, 0.1) is 12.8 Å². The largest absolute Gasteiger partial charge is 0.497 e. The highest BCUT2D eigenvalue weighted by molar-refractivity contribution is 5.93. The van der Waals surface area contributed by atoms with Crippen molar-refractivity contribution in [1.82, 2.24) is 15.5 Å². The van der Waals surface area contributed by atoms with Crippen LogP contribution < -0.4 is 10.1 Å². The van der Waals surface area contributed by atoms with E-state index in [2.05, 4.69) is 29.4 Å². The van der Waals surface area contributed by atoms with E-state index in [9.17, 15) is 4.79 Å². The Morgan fingerprint density at radius 3 is 2.90 bits per heavy atom. The Balaban J connectivity index is 2.13. The zero-order chi connectivity index (χ0) is 14.5. The number of carbonyl (C=O) groups is 1. The molecule has 2 aromatic rings. The molecule has 5 nitrogen and oxygen atoms in total. The number of nitrogens with one attached hydrogen (secondary N) is 2. The third kappa shape index (κ3) is 3.38. The van der Waals surface area contributed by atoms with E-state index in [-0.39, 0.29) is 5.91 Å². The van der Waals surface area contributed by atoms with Crippen LogP contribution in [-0.2, 0) is 0 Å². The Bertz CT molecular complexity index is 590. The number of hydrogen-bond acceptors (Lipinski definition) is 3. The first kappa shape index (κ1) is 14.1. The number of aromatic amines is 1. The summed E-state index contributed by atoms with van der Waals surface area (Å²) in [6.45, 7) is 4.75. The number of aromatic nitrogens is 2. The number of carbonyl (C=O) groups excluding carboxylic acids is 1. The summed E-state index contributed by atoms with van der Waals surface area (Å²) in [6.07, 6.45) is 0. The topological polar surface area (TPSA) is 67.0 Å². The Labute approximate surface area is 118 Å². The maximum atomic E-state index is 11.9. The Kier molecular flexibility index (Phi) is 4.40. The van der Waals surface area contributed by atoms with E-state index in [1.807, 2.05) is 24.3 Å². The molecule has 0 aliphatic carbocycles. The SMILES string of the molecule is COc1cccc(-c2cc(C(=O)NCC(C)C)[nH]n2)c1. The predicted octanol–water partition coefficient (Wildman–Crippen LogP) is 2.47. The lowest BCUT2D eigenvalue weighted by Gasteiger charge is -2.05. The van der Waals surface area contributed by atoms with Crippen molar-refractivity contribution in [3.8, 4) is 17.0 Å². The van der Waals surface area contributed by atoms with Gasteiger partial charge in [-0.25, -0.2) is 0 Å². The van der Waals surface area contributed by atoms with Crippen LogP contribution >= 0.6 is 0 Å². The van der Waals surface area contributed by atoms with Crippen molar-refractivity contribution in [2.45, 2.75) is 13.8 Å². The maximum absolute atomic E-state index is 11.9. The fourth-order valence-electron chi connectivity index (χ4n) is 1.76. The fraction of sp³-hybridized carbons (Fsp3) is 0.333. The van der Waals surface area contributed by atoms with Gasteiger partial charge in [0.1, 0.15) is 11.4 Å². The summed E-state index contributed by atoms with van der Waals surface area (Å²) in [5, 5.41) is 9.78. The van der Waals surface area contributed by atoms with Gasteiger partial charge in [-0.2, -0.15) is 5.10 Å². The summed E-state index contributed by atoms with van der Waals surface area (Å²) in [5.41, 5.74) is 2.09. The van der Waals surface area contributed by atoms with Gasteiger partial charge >= 0.3 is 0 Å². The van der Waals surface area contributed by atoms with Crippen molar-refractivity contribution < 1.29 is 9.53 Å². The van der Waals surface area contributed by atoms with Crippen molar-refractivity contribution >= 4 is 5.91 Å². The van der Waals surface area contributed by atoms with Crippen molar-refractivity contribution in [2.75, 3.05) is 13.7 Å². The Morgan fingerprint density at radius 1 is 1.40 bits per heavy atom. The molecule has 1 aromatic heterocycles.